The highest BCUT2D eigenvalue weighted by atomic mass is 19.1. The van der Waals surface area contributed by atoms with E-state index >= 15 is 0 Å². The van der Waals surface area contributed by atoms with Crippen LogP contribution in [0.5, 0.6) is 0 Å². The van der Waals surface area contributed by atoms with Crippen molar-refractivity contribution in [2.24, 2.45) is 0 Å². The number of amides is 2. The second-order valence-corrected chi connectivity index (χ2v) is 7.02. The summed E-state index contributed by atoms with van der Waals surface area (Å²) in [6.07, 6.45) is 1.97. The van der Waals surface area contributed by atoms with Crippen LogP contribution in [-0.4, -0.2) is 45.3 Å². The lowest BCUT2D eigenvalue weighted by atomic mass is 9.94. The Labute approximate surface area is 154 Å². The second kappa shape index (κ2) is 6.70. The zero-order valence-electron chi connectivity index (χ0n) is 14.5. The van der Waals surface area contributed by atoms with Crippen LogP contribution >= 0.6 is 0 Å². The average Bonchev–Trinajstić information content (AvgIpc) is 3.19. The topological polar surface area (TPSA) is 65.5 Å². The lowest BCUT2D eigenvalue weighted by molar-refractivity contribution is -0.120. The van der Waals surface area contributed by atoms with Crippen molar-refractivity contribution < 1.29 is 18.4 Å². The van der Waals surface area contributed by atoms with Gasteiger partial charge < -0.3 is 0 Å². The van der Waals surface area contributed by atoms with E-state index in [1.54, 1.807) is 6.07 Å². The number of pyridine rings is 1. The number of halogens is 2. The summed E-state index contributed by atoms with van der Waals surface area (Å²) in [5.41, 5.74) is 2.85. The Morgan fingerprint density at radius 2 is 2.07 bits per heavy atom. The first-order valence-electron chi connectivity index (χ1n) is 8.68. The van der Waals surface area contributed by atoms with Crippen LogP contribution in [0.4, 0.5) is 8.78 Å². The normalized spacial score (nSPS) is 22.4. The molecule has 2 aromatic rings. The highest BCUT2D eigenvalue weighted by Gasteiger charge is 2.52. The van der Waals surface area contributed by atoms with E-state index in [9.17, 15) is 18.4 Å². The molecule has 140 valence electrons. The Hall–Kier alpha value is -2.87. The SMILES string of the molecule is O=C1CC2(CCN(Cc3ccc(F)cn3)C2)N(C(=O)c2cccc(F)c2)N1. The second-order valence-electron chi connectivity index (χ2n) is 7.02. The van der Waals surface area contributed by atoms with E-state index in [4.69, 9.17) is 0 Å². The predicted molar refractivity (Wildman–Crippen MR) is 92.1 cm³/mol. The van der Waals surface area contributed by atoms with Gasteiger partial charge in [-0.25, -0.2) is 13.8 Å². The number of rotatable bonds is 3. The maximum atomic E-state index is 13.5. The number of hydrogen-bond donors (Lipinski definition) is 1. The lowest BCUT2D eigenvalue weighted by Crippen LogP contribution is -2.53. The Kier molecular flexibility index (Phi) is 4.35. The lowest BCUT2D eigenvalue weighted by Gasteiger charge is -2.33. The Morgan fingerprint density at radius 3 is 2.81 bits per heavy atom. The van der Waals surface area contributed by atoms with Crippen LogP contribution in [0.25, 0.3) is 0 Å². The minimum Gasteiger partial charge on any atom is -0.295 e. The molecule has 2 amide bonds. The molecule has 1 spiro atoms. The van der Waals surface area contributed by atoms with Crippen molar-refractivity contribution in [2.75, 3.05) is 13.1 Å². The van der Waals surface area contributed by atoms with E-state index in [0.717, 1.165) is 6.07 Å². The van der Waals surface area contributed by atoms with Gasteiger partial charge in [0.15, 0.2) is 0 Å². The molecule has 0 saturated carbocycles. The van der Waals surface area contributed by atoms with Gasteiger partial charge in [-0.3, -0.25) is 24.9 Å². The van der Waals surface area contributed by atoms with Gasteiger partial charge in [0.05, 0.1) is 23.9 Å². The molecule has 2 aliphatic rings. The van der Waals surface area contributed by atoms with Crippen LogP contribution in [0.15, 0.2) is 42.6 Å². The molecule has 8 heteroatoms. The molecule has 3 heterocycles. The minimum absolute atomic E-state index is 0.190. The fraction of sp³-hybridized carbons (Fsp3) is 0.316. The fourth-order valence-electron chi connectivity index (χ4n) is 3.81. The molecule has 1 atom stereocenters. The first-order valence-corrected chi connectivity index (χ1v) is 8.68. The largest absolute Gasteiger partial charge is 0.295 e. The molecule has 1 N–H and O–H groups in total. The van der Waals surface area contributed by atoms with Crippen molar-refractivity contribution >= 4 is 11.8 Å². The van der Waals surface area contributed by atoms with Gasteiger partial charge in [0.25, 0.3) is 5.91 Å². The first-order chi connectivity index (χ1) is 12.9. The molecule has 2 fully saturated rings. The summed E-state index contributed by atoms with van der Waals surface area (Å²) in [6.45, 7) is 1.64. The molecule has 6 nitrogen and oxygen atoms in total. The van der Waals surface area contributed by atoms with E-state index in [1.807, 2.05) is 0 Å². The molecule has 0 aliphatic carbocycles. The van der Waals surface area contributed by atoms with Gasteiger partial charge in [-0.15, -0.1) is 0 Å². The van der Waals surface area contributed by atoms with Gasteiger partial charge in [-0.1, -0.05) is 6.07 Å². The van der Waals surface area contributed by atoms with E-state index in [0.29, 0.717) is 31.7 Å². The molecule has 0 radical (unpaired) electrons. The van der Waals surface area contributed by atoms with E-state index in [1.165, 1.54) is 35.5 Å². The van der Waals surface area contributed by atoms with Crippen LogP contribution in [0.3, 0.4) is 0 Å². The van der Waals surface area contributed by atoms with Crippen LogP contribution in [-0.2, 0) is 11.3 Å². The molecule has 2 aliphatic heterocycles. The average molecular weight is 372 g/mol. The number of carbonyl (C=O) groups excluding carboxylic acids is 2. The summed E-state index contributed by atoms with van der Waals surface area (Å²) in [4.78, 5) is 31.1. The van der Waals surface area contributed by atoms with Crippen LogP contribution < -0.4 is 5.43 Å². The van der Waals surface area contributed by atoms with Crippen molar-refractivity contribution in [3.8, 4) is 0 Å². The molecule has 2 saturated heterocycles. The highest BCUT2D eigenvalue weighted by molar-refractivity contribution is 5.98. The summed E-state index contributed by atoms with van der Waals surface area (Å²) in [5.74, 6) is -1.56. The number of carbonyl (C=O) groups is 2. The zero-order valence-corrected chi connectivity index (χ0v) is 14.5. The summed E-state index contributed by atoms with van der Waals surface area (Å²) in [5, 5.41) is 1.35. The van der Waals surface area contributed by atoms with Crippen LogP contribution in [0.2, 0.25) is 0 Å². The minimum atomic E-state index is -0.680. The molecular weight excluding hydrogens is 354 g/mol. The van der Waals surface area contributed by atoms with Crippen molar-refractivity contribution in [1.29, 1.82) is 0 Å². The summed E-state index contributed by atoms with van der Waals surface area (Å²) >= 11 is 0. The molecular formula is C19H18F2N4O2. The Bertz CT molecular complexity index is 890. The van der Waals surface area contributed by atoms with Crippen molar-refractivity contribution in [1.82, 2.24) is 20.3 Å². The fourth-order valence-corrected chi connectivity index (χ4v) is 3.81. The maximum Gasteiger partial charge on any atom is 0.272 e. The number of hydrogen-bond acceptors (Lipinski definition) is 4. The van der Waals surface area contributed by atoms with Crippen LogP contribution in [0, 0.1) is 11.6 Å². The smallest absolute Gasteiger partial charge is 0.272 e. The number of nitrogens with zero attached hydrogens (tertiary/aromatic N) is 3. The van der Waals surface area contributed by atoms with Gasteiger partial charge in [0.2, 0.25) is 5.91 Å². The standard InChI is InChI=1S/C19H18F2N4O2/c20-14-3-1-2-13(8-14)18(27)25-19(9-17(26)23-25)6-7-24(12-19)11-16-5-4-15(21)10-22-16/h1-5,8,10H,6-7,9,11-12H2,(H,23,26). The number of hydrazine groups is 1. The first kappa shape index (κ1) is 17.5. The number of likely N-dealkylation sites (tertiary alicyclic amines) is 1. The van der Waals surface area contributed by atoms with Gasteiger partial charge in [0, 0.05) is 25.2 Å². The van der Waals surface area contributed by atoms with Gasteiger partial charge in [-0.05, 0) is 36.8 Å². The van der Waals surface area contributed by atoms with E-state index < -0.39 is 23.1 Å². The monoisotopic (exact) mass is 372 g/mol. The van der Waals surface area contributed by atoms with Crippen molar-refractivity contribution in [2.45, 2.75) is 24.9 Å². The maximum absolute atomic E-state index is 13.5. The van der Waals surface area contributed by atoms with E-state index in [2.05, 4.69) is 15.3 Å². The third kappa shape index (κ3) is 3.40. The summed E-state index contributed by atoms with van der Waals surface area (Å²) in [7, 11) is 0. The summed E-state index contributed by atoms with van der Waals surface area (Å²) in [6, 6.07) is 8.40. The van der Waals surface area contributed by atoms with Crippen molar-refractivity contribution in [3.63, 3.8) is 0 Å². The predicted octanol–water partition coefficient (Wildman–Crippen LogP) is 1.88. The zero-order chi connectivity index (χ0) is 19.0. The van der Waals surface area contributed by atoms with Gasteiger partial charge >= 0.3 is 0 Å². The van der Waals surface area contributed by atoms with E-state index in [-0.39, 0.29) is 17.9 Å². The quantitative estimate of drug-likeness (QED) is 0.894. The Morgan fingerprint density at radius 1 is 1.22 bits per heavy atom. The van der Waals surface area contributed by atoms with Gasteiger partial charge in [-0.2, -0.15) is 0 Å². The van der Waals surface area contributed by atoms with Crippen LogP contribution in [0.1, 0.15) is 28.9 Å². The molecule has 1 aromatic heterocycles. The molecule has 1 unspecified atom stereocenters. The Balaban J connectivity index is 1.53. The number of nitrogens with one attached hydrogen (secondary N) is 1. The molecule has 4 rings (SSSR count). The highest BCUT2D eigenvalue weighted by Crippen LogP contribution is 2.35. The van der Waals surface area contributed by atoms with Gasteiger partial charge in [0.1, 0.15) is 11.6 Å². The number of aromatic nitrogens is 1. The number of benzene rings is 1. The molecule has 27 heavy (non-hydrogen) atoms. The third-order valence-corrected chi connectivity index (χ3v) is 5.06. The third-order valence-electron chi connectivity index (χ3n) is 5.06. The summed E-state index contributed by atoms with van der Waals surface area (Å²) < 4.78 is 26.5. The van der Waals surface area contributed by atoms with Crippen molar-refractivity contribution in [3.05, 3.63) is 65.5 Å². The molecule has 1 aromatic carbocycles. The molecule has 0 bridgehead atoms.